The van der Waals surface area contributed by atoms with Gasteiger partial charge in [-0.15, -0.1) is 0 Å². The first-order valence-corrected chi connectivity index (χ1v) is 5.74. The zero-order valence-corrected chi connectivity index (χ0v) is 10.8. The molecule has 0 saturated carbocycles. The first kappa shape index (κ1) is 14.6. The lowest BCUT2D eigenvalue weighted by molar-refractivity contribution is -0.121. The van der Waals surface area contributed by atoms with E-state index in [-0.39, 0.29) is 30.1 Å². The van der Waals surface area contributed by atoms with E-state index in [1.807, 2.05) is 20.8 Å². The molecule has 2 N–H and O–H groups in total. The highest BCUT2D eigenvalue weighted by Gasteiger charge is 2.13. The molecule has 1 rings (SSSR count). The summed E-state index contributed by atoms with van der Waals surface area (Å²) in [5, 5.41) is 5.46. The summed E-state index contributed by atoms with van der Waals surface area (Å²) in [5.41, 5.74) is -0.372. The van der Waals surface area contributed by atoms with E-state index in [2.05, 4.69) is 10.6 Å². The predicted octanol–water partition coefficient (Wildman–Crippen LogP) is 1.97. The number of hydrogen-bond donors (Lipinski definition) is 2. The van der Waals surface area contributed by atoms with Gasteiger partial charge in [-0.25, -0.2) is 8.78 Å². The van der Waals surface area contributed by atoms with Crippen LogP contribution >= 0.6 is 0 Å². The molecule has 1 aromatic rings. The zero-order chi connectivity index (χ0) is 13.8. The van der Waals surface area contributed by atoms with Crippen LogP contribution in [0.3, 0.4) is 0 Å². The number of halogens is 2. The van der Waals surface area contributed by atoms with Crippen LogP contribution in [-0.4, -0.2) is 18.0 Å². The van der Waals surface area contributed by atoms with Crippen LogP contribution in [0.1, 0.15) is 26.3 Å². The van der Waals surface area contributed by atoms with Crippen LogP contribution < -0.4 is 10.6 Å². The highest BCUT2D eigenvalue weighted by molar-refractivity contribution is 5.78. The Morgan fingerprint density at radius 2 is 1.78 bits per heavy atom. The third kappa shape index (κ3) is 4.79. The maximum Gasteiger partial charge on any atom is 0.234 e. The second kappa shape index (κ2) is 5.91. The standard InChI is InChI=1S/C13H18F2N2O/c1-13(2,3)17-12(18)8-16-7-9-10(14)5-4-6-11(9)15/h4-6,16H,7-8H2,1-3H3,(H,17,18). The van der Waals surface area contributed by atoms with Crippen LogP contribution in [0.25, 0.3) is 0 Å². The third-order valence-corrected chi connectivity index (χ3v) is 2.16. The molecule has 0 aliphatic rings. The molecule has 0 bridgehead atoms. The summed E-state index contributed by atoms with van der Waals surface area (Å²) in [6.45, 7) is 5.59. The third-order valence-electron chi connectivity index (χ3n) is 2.16. The van der Waals surface area contributed by atoms with Crippen molar-refractivity contribution in [2.24, 2.45) is 0 Å². The summed E-state index contributed by atoms with van der Waals surface area (Å²) in [4.78, 5) is 11.5. The van der Waals surface area contributed by atoms with Gasteiger partial charge in [-0.05, 0) is 32.9 Å². The quantitative estimate of drug-likeness (QED) is 0.864. The van der Waals surface area contributed by atoms with Crippen LogP contribution in [-0.2, 0) is 11.3 Å². The Hall–Kier alpha value is -1.49. The van der Waals surface area contributed by atoms with Crippen molar-refractivity contribution in [3.63, 3.8) is 0 Å². The van der Waals surface area contributed by atoms with Gasteiger partial charge in [0.25, 0.3) is 0 Å². The van der Waals surface area contributed by atoms with Crippen molar-refractivity contribution in [1.82, 2.24) is 10.6 Å². The van der Waals surface area contributed by atoms with Crippen LogP contribution in [0.2, 0.25) is 0 Å². The number of carbonyl (C=O) groups is 1. The topological polar surface area (TPSA) is 41.1 Å². The molecule has 100 valence electrons. The highest BCUT2D eigenvalue weighted by atomic mass is 19.1. The Morgan fingerprint density at radius 3 is 2.28 bits per heavy atom. The molecule has 1 aromatic carbocycles. The molecule has 0 heterocycles. The Labute approximate surface area is 106 Å². The second-order valence-electron chi connectivity index (χ2n) is 5.10. The lowest BCUT2D eigenvalue weighted by Crippen LogP contribution is -2.44. The van der Waals surface area contributed by atoms with Crippen LogP contribution in [0.15, 0.2) is 18.2 Å². The number of benzene rings is 1. The smallest absolute Gasteiger partial charge is 0.234 e. The molecule has 0 saturated heterocycles. The number of hydrogen-bond acceptors (Lipinski definition) is 2. The number of carbonyl (C=O) groups excluding carboxylic acids is 1. The van der Waals surface area contributed by atoms with Crippen LogP contribution in [0.5, 0.6) is 0 Å². The Morgan fingerprint density at radius 1 is 1.22 bits per heavy atom. The summed E-state index contributed by atoms with van der Waals surface area (Å²) >= 11 is 0. The minimum Gasteiger partial charge on any atom is -0.350 e. The van der Waals surface area contributed by atoms with Crippen molar-refractivity contribution in [2.75, 3.05) is 6.54 Å². The number of nitrogens with one attached hydrogen (secondary N) is 2. The second-order valence-corrected chi connectivity index (χ2v) is 5.10. The summed E-state index contributed by atoms with van der Waals surface area (Å²) in [5.74, 6) is -1.43. The van der Waals surface area contributed by atoms with Gasteiger partial charge in [0.1, 0.15) is 11.6 Å². The lowest BCUT2D eigenvalue weighted by Gasteiger charge is -2.20. The van der Waals surface area contributed by atoms with E-state index in [9.17, 15) is 13.6 Å². The maximum absolute atomic E-state index is 13.3. The van der Waals surface area contributed by atoms with E-state index in [4.69, 9.17) is 0 Å². The van der Waals surface area contributed by atoms with Gasteiger partial charge in [0.2, 0.25) is 5.91 Å². The number of rotatable bonds is 4. The van der Waals surface area contributed by atoms with E-state index in [1.54, 1.807) is 0 Å². The van der Waals surface area contributed by atoms with Crippen molar-refractivity contribution in [3.8, 4) is 0 Å². The van der Waals surface area contributed by atoms with E-state index in [0.717, 1.165) is 0 Å². The summed E-state index contributed by atoms with van der Waals surface area (Å²) in [7, 11) is 0. The maximum atomic E-state index is 13.3. The molecule has 0 aliphatic heterocycles. The number of amides is 1. The first-order valence-electron chi connectivity index (χ1n) is 5.74. The van der Waals surface area contributed by atoms with Gasteiger partial charge in [0.15, 0.2) is 0 Å². The van der Waals surface area contributed by atoms with Gasteiger partial charge in [0.05, 0.1) is 6.54 Å². The molecule has 0 aliphatic carbocycles. The molecule has 0 atom stereocenters. The SMILES string of the molecule is CC(C)(C)NC(=O)CNCc1c(F)cccc1F. The summed E-state index contributed by atoms with van der Waals surface area (Å²) < 4.78 is 26.5. The molecule has 1 amide bonds. The van der Waals surface area contributed by atoms with Crippen molar-refractivity contribution >= 4 is 5.91 Å². The fraction of sp³-hybridized carbons (Fsp3) is 0.462. The highest BCUT2D eigenvalue weighted by Crippen LogP contribution is 2.11. The van der Waals surface area contributed by atoms with E-state index in [0.29, 0.717) is 0 Å². The van der Waals surface area contributed by atoms with Gasteiger partial charge in [-0.2, -0.15) is 0 Å². The van der Waals surface area contributed by atoms with Crippen LogP contribution in [0, 0.1) is 11.6 Å². The molecule has 0 unspecified atom stereocenters. The van der Waals surface area contributed by atoms with Gasteiger partial charge in [-0.3, -0.25) is 4.79 Å². The largest absolute Gasteiger partial charge is 0.350 e. The Bertz CT molecular complexity index is 407. The molecule has 0 radical (unpaired) electrons. The molecule has 3 nitrogen and oxygen atoms in total. The first-order chi connectivity index (χ1) is 8.29. The Balaban J connectivity index is 2.45. The zero-order valence-electron chi connectivity index (χ0n) is 10.8. The molecular formula is C13H18F2N2O. The average Bonchev–Trinajstić information content (AvgIpc) is 2.19. The minimum atomic E-state index is -0.612. The van der Waals surface area contributed by atoms with Gasteiger partial charge >= 0.3 is 0 Å². The molecule has 0 fully saturated rings. The van der Waals surface area contributed by atoms with Crippen molar-refractivity contribution in [3.05, 3.63) is 35.4 Å². The fourth-order valence-corrected chi connectivity index (χ4v) is 1.46. The summed E-state index contributed by atoms with van der Waals surface area (Å²) in [6, 6.07) is 3.69. The molecule has 0 spiro atoms. The van der Waals surface area contributed by atoms with Crippen molar-refractivity contribution in [1.29, 1.82) is 0 Å². The molecule has 5 heteroatoms. The van der Waals surface area contributed by atoms with E-state index >= 15 is 0 Å². The van der Waals surface area contributed by atoms with Crippen molar-refractivity contribution in [2.45, 2.75) is 32.9 Å². The van der Waals surface area contributed by atoms with Crippen LogP contribution in [0.4, 0.5) is 8.78 Å². The van der Waals surface area contributed by atoms with Gasteiger partial charge in [-0.1, -0.05) is 6.07 Å². The predicted molar refractivity (Wildman–Crippen MR) is 66.0 cm³/mol. The molecule has 18 heavy (non-hydrogen) atoms. The molecule has 0 aromatic heterocycles. The van der Waals surface area contributed by atoms with E-state index in [1.165, 1.54) is 18.2 Å². The molecular weight excluding hydrogens is 238 g/mol. The van der Waals surface area contributed by atoms with Crippen molar-refractivity contribution < 1.29 is 13.6 Å². The monoisotopic (exact) mass is 256 g/mol. The van der Waals surface area contributed by atoms with Gasteiger partial charge < -0.3 is 10.6 Å². The average molecular weight is 256 g/mol. The summed E-state index contributed by atoms with van der Waals surface area (Å²) in [6.07, 6.45) is 0. The van der Waals surface area contributed by atoms with Gasteiger partial charge in [0, 0.05) is 17.6 Å². The lowest BCUT2D eigenvalue weighted by atomic mass is 10.1. The minimum absolute atomic E-state index is 0.0178. The Kier molecular flexibility index (Phi) is 4.78. The normalized spacial score (nSPS) is 11.4. The van der Waals surface area contributed by atoms with E-state index < -0.39 is 11.6 Å². The fourth-order valence-electron chi connectivity index (χ4n) is 1.46.